The fourth-order valence-electron chi connectivity index (χ4n) is 2.20. The number of hydrogen-bond acceptors (Lipinski definition) is 2. The van der Waals surface area contributed by atoms with Crippen molar-refractivity contribution < 1.29 is 0 Å². The lowest BCUT2D eigenvalue weighted by molar-refractivity contribution is 0.442. The number of aryl methyl sites for hydroxylation is 1. The summed E-state index contributed by atoms with van der Waals surface area (Å²) in [7, 11) is 0. The molecular formula is C14H27N3. The molecule has 0 aliphatic heterocycles. The van der Waals surface area contributed by atoms with Gasteiger partial charge in [0.15, 0.2) is 0 Å². The van der Waals surface area contributed by atoms with E-state index in [9.17, 15) is 0 Å². The molecule has 1 aromatic heterocycles. The molecule has 0 fully saturated rings. The van der Waals surface area contributed by atoms with E-state index in [1.807, 2.05) is 10.9 Å². The molecule has 3 nitrogen and oxygen atoms in total. The van der Waals surface area contributed by atoms with Crippen molar-refractivity contribution in [1.29, 1.82) is 0 Å². The molecule has 17 heavy (non-hydrogen) atoms. The van der Waals surface area contributed by atoms with Gasteiger partial charge in [-0.2, -0.15) is 5.10 Å². The zero-order valence-electron chi connectivity index (χ0n) is 11.9. The number of anilines is 1. The highest BCUT2D eigenvalue weighted by molar-refractivity contribution is 5.39. The second-order valence-corrected chi connectivity index (χ2v) is 5.69. The van der Waals surface area contributed by atoms with Crippen molar-refractivity contribution in [1.82, 2.24) is 9.78 Å². The zero-order valence-corrected chi connectivity index (χ0v) is 11.9. The molecule has 1 heterocycles. The van der Waals surface area contributed by atoms with Crippen LogP contribution in [0.3, 0.4) is 0 Å². The SMILES string of the molecule is CCn1cc(NC(CC(C)C)CC(C)C)cn1. The Balaban J connectivity index is 2.57. The third kappa shape index (κ3) is 5.24. The average Bonchev–Trinajstić information content (AvgIpc) is 2.63. The fourth-order valence-corrected chi connectivity index (χ4v) is 2.20. The van der Waals surface area contributed by atoms with E-state index in [0.717, 1.165) is 24.1 Å². The van der Waals surface area contributed by atoms with E-state index in [-0.39, 0.29) is 0 Å². The first-order valence-corrected chi connectivity index (χ1v) is 6.80. The smallest absolute Gasteiger partial charge is 0.0728 e. The Bertz CT molecular complexity index is 305. The van der Waals surface area contributed by atoms with Crippen LogP contribution in [-0.2, 0) is 6.54 Å². The van der Waals surface area contributed by atoms with Gasteiger partial charge in [0.05, 0.1) is 11.9 Å². The fraction of sp³-hybridized carbons (Fsp3) is 0.786. The standard InChI is InChI=1S/C14H27N3/c1-6-17-10-14(9-15-17)16-13(7-11(2)3)8-12(4)5/h9-13,16H,6-8H2,1-5H3. The van der Waals surface area contributed by atoms with E-state index in [1.165, 1.54) is 12.8 Å². The molecule has 0 radical (unpaired) electrons. The summed E-state index contributed by atoms with van der Waals surface area (Å²) in [5.74, 6) is 1.46. The van der Waals surface area contributed by atoms with Gasteiger partial charge in [0.2, 0.25) is 0 Å². The van der Waals surface area contributed by atoms with Crippen molar-refractivity contribution >= 4 is 5.69 Å². The quantitative estimate of drug-likeness (QED) is 0.782. The molecule has 0 aliphatic carbocycles. The van der Waals surface area contributed by atoms with E-state index in [0.29, 0.717) is 6.04 Å². The van der Waals surface area contributed by atoms with Crippen LogP contribution in [0, 0.1) is 11.8 Å². The van der Waals surface area contributed by atoms with Crippen LogP contribution in [0.2, 0.25) is 0 Å². The van der Waals surface area contributed by atoms with E-state index < -0.39 is 0 Å². The Morgan fingerprint density at radius 2 is 1.76 bits per heavy atom. The molecule has 0 aliphatic rings. The first kappa shape index (κ1) is 14.1. The molecule has 0 saturated heterocycles. The van der Waals surface area contributed by atoms with Gasteiger partial charge in [-0.15, -0.1) is 0 Å². The van der Waals surface area contributed by atoms with E-state index in [1.54, 1.807) is 0 Å². The van der Waals surface area contributed by atoms with Crippen molar-refractivity contribution in [2.45, 2.75) is 60.0 Å². The van der Waals surface area contributed by atoms with Gasteiger partial charge in [0.1, 0.15) is 0 Å². The van der Waals surface area contributed by atoms with Crippen molar-refractivity contribution in [2.24, 2.45) is 11.8 Å². The molecule has 0 saturated carbocycles. The summed E-state index contributed by atoms with van der Waals surface area (Å²) in [6.45, 7) is 12.2. The Morgan fingerprint density at radius 1 is 1.18 bits per heavy atom. The lowest BCUT2D eigenvalue weighted by Crippen LogP contribution is -2.23. The summed E-state index contributed by atoms with van der Waals surface area (Å²) in [5.41, 5.74) is 1.15. The summed E-state index contributed by atoms with van der Waals surface area (Å²) >= 11 is 0. The lowest BCUT2D eigenvalue weighted by Gasteiger charge is -2.22. The maximum Gasteiger partial charge on any atom is 0.0728 e. The van der Waals surface area contributed by atoms with Gasteiger partial charge in [-0.25, -0.2) is 0 Å². The summed E-state index contributed by atoms with van der Waals surface area (Å²) in [4.78, 5) is 0. The second-order valence-electron chi connectivity index (χ2n) is 5.69. The van der Waals surface area contributed by atoms with Gasteiger partial charge in [0, 0.05) is 18.8 Å². The van der Waals surface area contributed by atoms with Gasteiger partial charge in [-0.1, -0.05) is 27.7 Å². The van der Waals surface area contributed by atoms with Crippen LogP contribution < -0.4 is 5.32 Å². The normalized spacial score (nSPS) is 11.8. The summed E-state index contributed by atoms with van der Waals surface area (Å²) in [6.07, 6.45) is 6.45. The Kier molecular flexibility index (Phi) is 5.52. The summed E-state index contributed by atoms with van der Waals surface area (Å²) in [5, 5.41) is 7.91. The van der Waals surface area contributed by atoms with Crippen LogP contribution >= 0.6 is 0 Å². The number of nitrogens with zero attached hydrogens (tertiary/aromatic N) is 2. The highest BCUT2D eigenvalue weighted by Crippen LogP contribution is 2.18. The Hall–Kier alpha value is -0.990. The molecule has 0 bridgehead atoms. The molecule has 1 aromatic rings. The highest BCUT2D eigenvalue weighted by Gasteiger charge is 2.13. The first-order valence-electron chi connectivity index (χ1n) is 6.80. The molecule has 0 amide bonds. The minimum Gasteiger partial charge on any atom is -0.380 e. The lowest BCUT2D eigenvalue weighted by atomic mass is 9.95. The van der Waals surface area contributed by atoms with Gasteiger partial charge >= 0.3 is 0 Å². The number of rotatable bonds is 7. The highest BCUT2D eigenvalue weighted by atomic mass is 15.3. The predicted octanol–water partition coefficient (Wildman–Crippen LogP) is 3.78. The monoisotopic (exact) mass is 237 g/mol. The largest absolute Gasteiger partial charge is 0.380 e. The first-order chi connectivity index (χ1) is 8.01. The second kappa shape index (κ2) is 6.67. The van der Waals surface area contributed by atoms with Crippen LogP contribution in [0.4, 0.5) is 5.69 Å². The number of aromatic nitrogens is 2. The number of hydrogen-bond donors (Lipinski definition) is 1. The molecular weight excluding hydrogens is 210 g/mol. The van der Waals surface area contributed by atoms with E-state index in [2.05, 4.69) is 51.2 Å². The molecule has 1 rings (SSSR count). The minimum absolute atomic E-state index is 0.560. The molecule has 0 unspecified atom stereocenters. The third-order valence-corrected chi connectivity index (χ3v) is 2.84. The molecule has 0 aromatic carbocycles. The molecule has 0 spiro atoms. The van der Waals surface area contributed by atoms with Crippen molar-refractivity contribution in [3.8, 4) is 0 Å². The molecule has 1 N–H and O–H groups in total. The third-order valence-electron chi connectivity index (χ3n) is 2.84. The van der Waals surface area contributed by atoms with Crippen LogP contribution in [0.15, 0.2) is 12.4 Å². The van der Waals surface area contributed by atoms with E-state index >= 15 is 0 Å². The Morgan fingerprint density at radius 3 is 2.18 bits per heavy atom. The van der Waals surface area contributed by atoms with Crippen LogP contribution in [-0.4, -0.2) is 15.8 Å². The topological polar surface area (TPSA) is 29.9 Å². The zero-order chi connectivity index (χ0) is 12.8. The van der Waals surface area contributed by atoms with Crippen LogP contribution in [0.25, 0.3) is 0 Å². The number of nitrogens with one attached hydrogen (secondary N) is 1. The maximum atomic E-state index is 4.30. The predicted molar refractivity (Wildman–Crippen MR) is 74.2 cm³/mol. The van der Waals surface area contributed by atoms with Crippen molar-refractivity contribution in [2.75, 3.05) is 5.32 Å². The van der Waals surface area contributed by atoms with Gasteiger partial charge in [0.25, 0.3) is 0 Å². The molecule has 3 heteroatoms. The maximum absolute atomic E-state index is 4.30. The van der Waals surface area contributed by atoms with Gasteiger partial charge in [-0.3, -0.25) is 4.68 Å². The molecule has 98 valence electrons. The van der Waals surface area contributed by atoms with Crippen LogP contribution in [0.5, 0.6) is 0 Å². The van der Waals surface area contributed by atoms with Crippen molar-refractivity contribution in [3.63, 3.8) is 0 Å². The van der Waals surface area contributed by atoms with Gasteiger partial charge < -0.3 is 5.32 Å². The van der Waals surface area contributed by atoms with Crippen LogP contribution in [0.1, 0.15) is 47.5 Å². The van der Waals surface area contributed by atoms with Gasteiger partial charge in [-0.05, 0) is 31.6 Å². The molecule has 0 atom stereocenters. The van der Waals surface area contributed by atoms with Crippen molar-refractivity contribution in [3.05, 3.63) is 12.4 Å². The Labute approximate surface area is 106 Å². The minimum atomic E-state index is 0.560. The summed E-state index contributed by atoms with van der Waals surface area (Å²) < 4.78 is 1.96. The average molecular weight is 237 g/mol. The summed E-state index contributed by atoms with van der Waals surface area (Å²) in [6, 6.07) is 0.560. The van der Waals surface area contributed by atoms with E-state index in [4.69, 9.17) is 0 Å².